The van der Waals surface area contributed by atoms with E-state index in [0.29, 0.717) is 16.6 Å². The minimum Gasteiger partial charge on any atom is -0.343 e. The van der Waals surface area contributed by atoms with Crippen LogP contribution in [0.25, 0.3) is 5.57 Å². The summed E-state index contributed by atoms with van der Waals surface area (Å²) in [5, 5.41) is 0.488. The average molecular weight is 276 g/mol. The van der Waals surface area contributed by atoms with Gasteiger partial charge in [0.2, 0.25) is 0 Å². The first kappa shape index (κ1) is 12.5. The topological polar surface area (TPSA) is 3.24 Å². The normalized spacial score (nSPS) is 18.2. The van der Waals surface area contributed by atoms with Gasteiger partial charge in [-0.05, 0) is 37.0 Å². The maximum Gasteiger partial charge on any atom is 0.128 e. The Morgan fingerprint density at radius 2 is 2.16 bits per heavy atom. The summed E-state index contributed by atoms with van der Waals surface area (Å²) >= 11 is 6.36. The molecule has 0 N–H and O–H groups in total. The van der Waals surface area contributed by atoms with E-state index in [9.17, 15) is 4.39 Å². The van der Waals surface area contributed by atoms with Gasteiger partial charge in [0.05, 0.1) is 10.7 Å². The standard InChI is InChI=1S/C16H15ClFN/c1-4-11-8-19(12-5-6-12)16-13(9(11)2)7-14(18)10(3)15(16)17/h4,7-8,12H,1-2,5-6H2,3H3. The highest BCUT2D eigenvalue weighted by atomic mass is 35.5. The third kappa shape index (κ3) is 1.82. The molecule has 1 aromatic carbocycles. The van der Waals surface area contributed by atoms with E-state index in [1.54, 1.807) is 13.0 Å². The second kappa shape index (κ2) is 4.24. The number of rotatable bonds is 2. The molecule has 0 aromatic heterocycles. The number of hydrogen-bond acceptors (Lipinski definition) is 1. The van der Waals surface area contributed by atoms with E-state index in [1.807, 2.05) is 6.20 Å². The average Bonchev–Trinajstić information content (AvgIpc) is 3.21. The zero-order valence-corrected chi connectivity index (χ0v) is 11.6. The molecule has 0 atom stereocenters. The van der Waals surface area contributed by atoms with E-state index in [2.05, 4.69) is 18.1 Å². The quantitative estimate of drug-likeness (QED) is 0.745. The van der Waals surface area contributed by atoms with Crippen LogP contribution in [0.3, 0.4) is 0 Å². The van der Waals surface area contributed by atoms with E-state index >= 15 is 0 Å². The number of anilines is 1. The van der Waals surface area contributed by atoms with E-state index in [1.165, 1.54) is 6.07 Å². The Balaban J connectivity index is 2.26. The first-order chi connectivity index (χ1) is 9.04. The molecule has 3 rings (SSSR count). The van der Waals surface area contributed by atoms with Crippen molar-refractivity contribution in [3.8, 4) is 0 Å². The summed E-state index contributed by atoms with van der Waals surface area (Å²) < 4.78 is 13.9. The van der Waals surface area contributed by atoms with Crippen LogP contribution in [-0.4, -0.2) is 6.04 Å². The lowest BCUT2D eigenvalue weighted by Crippen LogP contribution is -2.24. The Labute approximate surface area is 117 Å². The second-order valence-electron chi connectivity index (χ2n) is 5.10. The Bertz CT molecular complexity index is 626. The highest BCUT2D eigenvalue weighted by Gasteiger charge is 2.34. The lowest BCUT2D eigenvalue weighted by Gasteiger charge is -2.31. The predicted molar refractivity (Wildman–Crippen MR) is 79.0 cm³/mol. The van der Waals surface area contributed by atoms with Gasteiger partial charge in [0.25, 0.3) is 0 Å². The minimum atomic E-state index is -0.286. The van der Waals surface area contributed by atoms with Gasteiger partial charge in [0.15, 0.2) is 0 Å². The molecule has 3 heteroatoms. The van der Waals surface area contributed by atoms with Gasteiger partial charge in [-0.25, -0.2) is 4.39 Å². The summed E-state index contributed by atoms with van der Waals surface area (Å²) in [4.78, 5) is 2.15. The highest BCUT2D eigenvalue weighted by molar-refractivity contribution is 6.34. The largest absolute Gasteiger partial charge is 0.343 e. The molecule has 1 heterocycles. The lowest BCUT2D eigenvalue weighted by molar-refractivity contribution is 0.618. The molecule has 1 aromatic rings. The first-order valence-electron chi connectivity index (χ1n) is 6.35. The predicted octanol–water partition coefficient (Wildman–Crippen LogP) is 4.85. The zero-order valence-electron chi connectivity index (χ0n) is 10.8. The molecule has 0 unspecified atom stereocenters. The maximum atomic E-state index is 13.9. The molecule has 0 radical (unpaired) electrons. The summed E-state index contributed by atoms with van der Waals surface area (Å²) in [6.45, 7) is 9.55. The van der Waals surface area contributed by atoms with Gasteiger partial charge in [0.1, 0.15) is 5.82 Å². The van der Waals surface area contributed by atoms with E-state index in [-0.39, 0.29) is 5.82 Å². The smallest absolute Gasteiger partial charge is 0.128 e. The number of fused-ring (bicyclic) bond motifs is 1. The molecule has 0 saturated heterocycles. The molecule has 1 fully saturated rings. The van der Waals surface area contributed by atoms with E-state index in [0.717, 1.165) is 35.2 Å². The van der Waals surface area contributed by atoms with Crippen LogP contribution in [0.5, 0.6) is 0 Å². The zero-order chi connectivity index (χ0) is 13.7. The van der Waals surface area contributed by atoms with Crippen LogP contribution in [0, 0.1) is 12.7 Å². The number of benzene rings is 1. The van der Waals surface area contributed by atoms with Gasteiger partial charge in [-0.3, -0.25) is 0 Å². The Hall–Kier alpha value is -1.54. The van der Waals surface area contributed by atoms with Gasteiger partial charge >= 0.3 is 0 Å². The van der Waals surface area contributed by atoms with Crippen LogP contribution in [-0.2, 0) is 0 Å². The van der Waals surface area contributed by atoms with Gasteiger partial charge in [0, 0.05) is 23.4 Å². The van der Waals surface area contributed by atoms with Crippen LogP contribution >= 0.6 is 11.6 Å². The molecule has 1 nitrogen and oxygen atoms in total. The molecular formula is C16H15ClFN. The van der Waals surface area contributed by atoms with Crippen molar-refractivity contribution in [2.75, 3.05) is 4.90 Å². The molecule has 1 aliphatic carbocycles. The van der Waals surface area contributed by atoms with Gasteiger partial charge in [-0.2, -0.15) is 0 Å². The van der Waals surface area contributed by atoms with Crippen molar-refractivity contribution < 1.29 is 4.39 Å². The molecule has 0 amide bonds. The summed E-state index contributed by atoms with van der Waals surface area (Å²) in [7, 11) is 0. The Morgan fingerprint density at radius 3 is 2.74 bits per heavy atom. The third-order valence-corrected chi connectivity index (χ3v) is 4.25. The molecule has 19 heavy (non-hydrogen) atoms. The van der Waals surface area contributed by atoms with E-state index < -0.39 is 0 Å². The Morgan fingerprint density at radius 1 is 1.47 bits per heavy atom. The summed E-state index contributed by atoms with van der Waals surface area (Å²) in [5.74, 6) is -0.286. The summed E-state index contributed by atoms with van der Waals surface area (Å²) in [6, 6.07) is 1.99. The van der Waals surface area contributed by atoms with Gasteiger partial charge < -0.3 is 4.90 Å². The third-order valence-electron chi connectivity index (χ3n) is 3.79. The molecule has 0 spiro atoms. The van der Waals surface area contributed by atoms with Crippen molar-refractivity contribution in [3.63, 3.8) is 0 Å². The van der Waals surface area contributed by atoms with Crippen molar-refractivity contribution in [1.82, 2.24) is 0 Å². The molecule has 0 bridgehead atoms. The highest BCUT2D eigenvalue weighted by Crippen LogP contribution is 2.47. The molecule has 1 saturated carbocycles. The Kier molecular flexibility index (Phi) is 2.79. The fourth-order valence-corrected chi connectivity index (χ4v) is 2.74. The number of halogens is 2. The molecule has 98 valence electrons. The van der Waals surface area contributed by atoms with Crippen molar-refractivity contribution >= 4 is 22.9 Å². The van der Waals surface area contributed by atoms with Gasteiger partial charge in [-0.1, -0.05) is 30.8 Å². The molecule has 1 aliphatic heterocycles. The summed E-state index contributed by atoms with van der Waals surface area (Å²) in [5.41, 5.74) is 3.87. The molecule has 2 aliphatic rings. The number of hydrogen-bond donors (Lipinski definition) is 0. The fraction of sp³-hybridized carbons (Fsp3) is 0.250. The second-order valence-corrected chi connectivity index (χ2v) is 5.48. The van der Waals surface area contributed by atoms with Crippen molar-refractivity contribution in [2.45, 2.75) is 25.8 Å². The van der Waals surface area contributed by atoms with Crippen LogP contribution in [0.2, 0.25) is 5.02 Å². The van der Waals surface area contributed by atoms with E-state index in [4.69, 9.17) is 11.6 Å². The monoisotopic (exact) mass is 275 g/mol. The van der Waals surface area contributed by atoms with Crippen molar-refractivity contribution in [2.24, 2.45) is 0 Å². The minimum absolute atomic E-state index is 0.286. The maximum absolute atomic E-state index is 13.9. The number of nitrogens with zero attached hydrogens (tertiary/aromatic N) is 1. The number of allylic oxidation sites excluding steroid dienone is 3. The fourth-order valence-electron chi connectivity index (χ4n) is 2.45. The van der Waals surface area contributed by atoms with Crippen LogP contribution in [0.4, 0.5) is 10.1 Å². The van der Waals surface area contributed by atoms with Crippen LogP contribution < -0.4 is 4.90 Å². The summed E-state index contributed by atoms with van der Waals surface area (Å²) in [6.07, 6.45) is 6.06. The molecular weight excluding hydrogens is 261 g/mol. The first-order valence-corrected chi connectivity index (χ1v) is 6.73. The van der Waals surface area contributed by atoms with Crippen LogP contribution in [0.1, 0.15) is 24.0 Å². The van der Waals surface area contributed by atoms with Gasteiger partial charge in [-0.15, -0.1) is 0 Å². The lowest BCUT2D eigenvalue weighted by atomic mass is 9.93. The van der Waals surface area contributed by atoms with Crippen molar-refractivity contribution in [1.29, 1.82) is 0 Å². The SMILES string of the molecule is C=CC1=CN(C2CC2)c2c(cc(F)c(C)c2Cl)C1=C. The van der Waals surface area contributed by atoms with Crippen molar-refractivity contribution in [3.05, 3.63) is 59.0 Å². The van der Waals surface area contributed by atoms with Crippen LogP contribution in [0.15, 0.2) is 37.1 Å².